The Balaban J connectivity index is 2.23. The number of nitrogens with zero attached hydrogens (tertiary/aromatic N) is 1. The summed E-state index contributed by atoms with van der Waals surface area (Å²) >= 11 is 1.55. The molecule has 0 aliphatic rings. The number of carbonyl (C=O) groups is 1. The number of nitrogens with one attached hydrogen (secondary N) is 1. The van der Waals surface area contributed by atoms with E-state index in [-0.39, 0.29) is 16.5 Å². The van der Waals surface area contributed by atoms with Gasteiger partial charge in [0.1, 0.15) is 0 Å². The molecule has 0 radical (unpaired) electrons. The lowest BCUT2D eigenvalue weighted by atomic mass is 10.2. The maximum Gasteiger partial charge on any atom is 0.253 e. The number of carbonyl (C=O) groups excluding carboxylic acids is 1. The standard InChI is InChI=1S/C15H18N2O3S2/c1-4-14-17-12(9-21-14)10(2)16-15(18)11-7-5-6-8-13(11)22(3,19)20/h5-10H,4H2,1-3H3,(H,16,18). The Bertz CT molecular complexity index is 782. The molecule has 0 aliphatic heterocycles. The quantitative estimate of drug-likeness (QED) is 0.909. The van der Waals surface area contributed by atoms with Crippen molar-refractivity contribution in [1.82, 2.24) is 10.3 Å². The monoisotopic (exact) mass is 338 g/mol. The zero-order valence-corrected chi connectivity index (χ0v) is 14.3. The van der Waals surface area contributed by atoms with Crippen LogP contribution in [0.5, 0.6) is 0 Å². The van der Waals surface area contributed by atoms with Crippen LogP contribution in [0.2, 0.25) is 0 Å². The SMILES string of the molecule is CCc1nc(C(C)NC(=O)c2ccccc2S(C)(=O)=O)cs1. The highest BCUT2D eigenvalue weighted by Gasteiger charge is 2.20. The van der Waals surface area contributed by atoms with E-state index in [1.54, 1.807) is 23.5 Å². The molecule has 2 rings (SSSR count). The molecule has 1 aromatic heterocycles. The van der Waals surface area contributed by atoms with Gasteiger partial charge in [-0.25, -0.2) is 13.4 Å². The van der Waals surface area contributed by atoms with Gasteiger partial charge in [-0.3, -0.25) is 4.79 Å². The molecular formula is C15H18N2O3S2. The average Bonchev–Trinajstić information content (AvgIpc) is 2.95. The van der Waals surface area contributed by atoms with Gasteiger partial charge < -0.3 is 5.32 Å². The highest BCUT2D eigenvalue weighted by Crippen LogP contribution is 2.19. The van der Waals surface area contributed by atoms with Crippen molar-refractivity contribution in [3.8, 4) is 0 Å². The Hall–Kier alpha value is -1.73. The summed E-state index contributed by atoms with van der Waals surface area (Å²) in [5, 5.41) is 5.72. The molecule has 1 amide bonds. The van der Waals surface area contributed by atoms with E-state index in [1.165, 1.54) is 12.1 Å². The van der Waals surface area contributed by atoms with Gasteiger partial charge in [-0.05, 0) is 25.5 Å². The van der Waals surface area contributed by atoms with E-state index in [9.17, 15) is 13.2 Å². The number of rotatable bonds is 5. The summed E-state index contributed by atoms with van der Waals surface area (Å²) in [6.07, 6.45) is 1.94. The molecule has 1 heterocycles. The van der Waals surface area contributed by atoms with E-state index in [1.807, 2.05) is 19.2 Å². The molecule has 0 saturated carbocycles. The predicted octanol–water partition coefficient (Wildman–Crippen LogP) is 2.60. The van der Waals surface area contributed by atoms with Crippen LogP contribution in [0, 0.1) is 0 Å². The molecule has 1 atom stereocenters. The van der Waals surface area contributed by atoms with E-state index in [2.05, 4.69) is 10.3 Å². The molecule has 0 aliphatic carbocycles. The van der Waals surface area contributed by atoms with Crippen molar-refractivity contribution in [3.63, 3.8) is 0 Å². The molecule has 7 heteroatoms. The first-order valence-corrected chi connectivity index (χ1v) is 9.64. The number of hydrogen-bond donors (Lipinski definition) is 1. The van der Waals surface area contributed by atoms with Crippen molar-refractivity contribution in [2.75, 3.05) is 6.26 Å². The summed E-state index contributed by atoms with van der Waals surface area (Å²) in [5.74, 6) is -0.417. The summed E-state index contributed by atoms with van der Waals surface area (Å²) in [6, 6.07) is 5.91. The minimum Gasteiger partial charge on any atom is -0.344 e. The van der Waals surface area contributed by atoms with Crippen molar-refractivity contribution in [2.45, 2.75) is 31.2 Å². The summed E-state index contributed by atoms with van der Waals surface area (Å²) in [4.78, 5) is 16.8. The number of thiazole rings is 1. The van der Waals surface area contributed by atoms with E-state index < -0.39 is 15.7 Å². The Kier molecular flexibility index (Phi) is 4.97. The van der Waals surface area contributed by atoms with Crippen molar-refractivity contribution in [3.05, 3.63) is 45.9 Å². The molecule has 1 aromatic carbocycles. The summed E-state index contributed by atoms with van der Waals surface area (Å²) in [6.45, 7) is 3.85. The van der Waals surface area contributed by atoms with Crippen LogP contribution in [0.1, 0.15) is 40.9 Å². The van der Waals surface area contributed by atoms with Crippen molar-refractivity contribution < 1.29 is 13.2 Å². The van der Waals surface area contributed by atoms with Crippen LogP contribution in [0.3, 0.4) is 0 Å². The minimum atomic E-state index is -3.45. The molecule has 0 fully saturated rings. The van der Waals surface area contributed by atoms with E-state index in [4.69, 9.17) is 0 Å². The molecule has 1 N–H and O–H groups in total. The zero-order valence-electron chi connectivity index (χ0n) is 12.7. The second-order valence-corrected chi connectivity index (χ2v) is 7.91. The lowest BCUT2D eigenvalue weighted by Gasteiger charge is -2.13. The fraction of sp³-hybridized carbons (Fsp3) is 0.333. The third-order valence-electron chi connectivity index (χ3n) is 3.19. The molecule has 1 unspecified atom stereocenters. The first-order chi connectivity index (χ1) is 10.3. The average molecular weight is 338 g/mol. The number of benzene rings is 1. The molecule has 0 saturated heterocycles. The van der Waals surface area contributed by atoms with E-state index in [0.717, 1.165) is 23.4 Å². The van der Waals surface area contributed by atoms with Gasteiger partial charge >= 0.3 is 0 Å². The Morgan fingerprint density at radius 3 is 2.64 bits per heavy atom. The van der Waals surface area contributed by atoms with Crippen LogP contribution < -0.4 is 5.32 Å². The maximum atomic E-state index is 12.4. The van der Waals surface area contributed by atoms with Crippen molar-refractivity contribution >= 4 is 27.1 Å². The smallest absolute Gasteiger partial charge is 0.253 e. The molecule has 5 nitrogen and oxygen atoms in total. The van der Waals surface area contributed by atoms with Gasteiger partial charge in [-0.2, -0.15) is 0 Å². The lowest BCUT2D eigenvalue weighted by Crippen LogP contribution is -2.28. The number of sulfone groups is 1. The van der Waals surface area contributed by atoms with Crippen molar-refractivity contribution in [2.24, 2.45) is 0 Å². The third-order valence-corrected chi connectivity index (χ3v) is 5.36. The minimum absolute atomic E-state index is 0.0345. The largest absolute Gasteiger partial charge is 0.344 e. The lowest BCUT2D eigenvalue weighted by molar-refractivity contribution is 0.0936. The van der Waals surface area contributed by atoms with Crippen LogP contribution in [0.25, 0.3) is 0 Å². The van der Waals surface area contributed by atoms with Crippen LogP contribution in [-0.2, 0) is 16.3 Å². The predicted molar refractivity (Wildman–Crippen MR) is 86.9 cm³/mol. The van der Waals surface area contributed by atoms with E-state index in [0.29, 0.717) is 0 Å². The van der Waals surface area contributed by atoms with Crippen LogP contribution in [-0.4, -0.2) is 25.6 Å². The summed E-state index contributed by atoms with van der Waals surface area (Å²) in [7, 11) is -3.45. The number of amides is 1. The van der Waals surface area contributed by atoms with Crippen LogP contribution in [0.4, 0.5) is 0 Å². The topological polar surface area (TPSA) is 76.1 Å². The maximum absolute atomic E-state index is 12.4. The molecule has 118 valence electrons. The van der Waals surface area contributed by atoms with Gasteiger partial charge in [0, 0.05) is 11.6 Å². The normalized spacial score (nSPS) is 12.9. The number of aryl methyl sites for hydroxylation is 1. The third kappa shape index (κ3) is 3.72. The Labute approximate surface area is 134 Å². The first-order valence-electron chi connectivity index (χ1n) is 6.87. The molecule has 0 spiro atoms. The van der Waals surface area contributed by atoms with Crippen LogP contribution >= 0.6 is 11.3 Å². The summed E-state index contributed by atoms with van der Waals surface area (Å²) < 4.78 is 23.5. The van der Waals surface area contributed by atoms with Gasteiger partial charge in [-0.1, -0.05) is 19.1 Å². The zero-order chi connectivity index (χ0) is 16.3. The fourth-order valence-electron chi connectivity index (χ4n) is 2.01. The van der Waals surface area contributed by atoms with Gasteiger partial charge in [-0.15, -0.1) is 11.3 Å². The molecule has 0 bridgehead atoms. The molecule has 2 aromatic rings. The highest BCUT2D eigenvalue weighted by molar-refractivity contribution is 7.90. The Morgan fingerprint density at radius 1 is 1.36 bits per heavy atom. The first kappa shape index (κ1) is 16.6. The molecular weight excluding hydrogens is 320 g/mol. The van der Waals surface area contributed by atoms with Crippen LogP contribution in [0.15, 0.2) is 34.5 Å². The fourth-order valence-corrected chi connectivity index (χ4v) is 3.74. The Morgan fingerprint density at radius 2 is 2.05 bits per heavy atom. The van der Waals surface area contributed by atoms with Crippen molar-refractivity contribution in [1.29, 1.82) is 0 Å². The van der Waals surface area contributed by atoms with Gasteiger partial charge in [0.05, 0.1) is 27.2 Å². The van der Waals surface area contributed by atoms with Gasteiger partial charge in [0.15, 0.2) is 9.84 Å². The van der Waals surface area contributed by atoms with E-state index >= 15 is 0 Å². The second-order valence-electron chi connectivity index (χ2n) is 4.98. The second kappa shape index (κ2) is 6.58. The summed E-state index contributed by atoms with van der Waals surface area (Å²) in [5.41, 5.74) is 0.940. The van der Waals surface area contributed by atoms with Gasteiger partial charge in [0.25, 0.3) is 5.91 Å². The van der Waals surface area contributed by atoms with Gasteiger partial charge in [0.2, 0.25) is 0 Å². The molecule has 22 heavy (non-hydrogen) atoms. The highest BCUT2D eigenvalue weighted by atomic mass is 32.2. The number of aromatic nitrogens is 1. The number of hydrogen-bond acceptors (Lipinski definition) is 5.